The van der Waals surface area contributed by atoms with E-state index in [9.17, 15) is 13.2 Å². The van der Waals surface area contributed by atoms with E-state index in [2.05, 4.69) is 5.32 Å². The Morgan fingerprint density at radius 1 is 1.37 bits per heavy atom. The summed E-state index contributed by atoms with van der Waals surface area (Å²) in [6.45, 7) is 3.17. The summed E-state index contributed by atoms with van der Waals surface area (Å²) in [7, 11) is -3.63. The summed E-state index contributed by atoms with van der Waals surface area (Å²) >= 11 is 1.67. The second kappa shape index (κ2) is 9.16. The Morgan fingerprint density at radius 2 is 2.15 bits per heavy atom. The van der Waals surface area contributed by atoms with Gasteiger partial charge in [0, 0.05) is 36.1 Å². The molecule has 0 fully saturated rings. The minimum Gasteiger partial charge on any atom is -0.352 e. The molecule has 1 aromatic heterocycles. The number of sulfonamides is 1. The van der Waals surface area contributed by atoms with Gasteiger partial charge in [0.15, 0.2) is 0 Å². The molecule has 2 heterocycles. The number of thiophene rings is 1. The molecule has 0 bridgehead atoms. The standard InChI is InChI=1S/C18H23N3O3S2.ClH/c1-13(19)5-8-20-18(22)14-3-2-4-16(11-14)26(23,24)21-9-6-17-15(12-21)7-10-25-17;/h2-4,7,10-11,13H,5-6,8-9,12,19H2,1H3,(H,20,22);1H. The summed E-state index contributed by atoms with van der Waals surface area (Å²) < 4.78 is 27.4. The van der Waals surface area contributed by atoms with Gasteiger partial charge in [0.05, 0.1) is 4.90 Å². The molecule has 9 heteroatoms. The van der Waals surface area contributed by atoms with E-state index in [1.54, 1.807) is 23.5 Å². The molecule has 0 saturated heterocycles. The third-order valence-corrected chi connectivity index (χ3v) is 7.26. The predicted octanol–water partition coefficient (Wildman–Crippen LogP) is 2.38. The highest BCUT2D eigenvalue weighted by atomic mass is 35.5. The molecule has 6 nitrogen and oxygen atoms in total. The molecule has 1 aliphatic heterocycles. The molecule has 1 aliphatic rings. The summed E-state index contributed by atoms with van der Waals surface area (Å²) in [6.07, 6.45) is 1.39. The maximum absolute atomic E-state index is 13.0. The van der Waals surface area contributed by atoms with E-state index >= 15 is 0 Å². The number of hydrogen-bond donors (Lipinski definition) is 2. The Balaban J connectivity index is 0.00000261. The monoisotopic (exact) mass is 429 g/mol. The Labute approximate surface area is 170 Å². The van der Waals surface area contributed by atoms with Gasteiger partial charge in [0.25, 0.3) is 5.91 Å². The Bertz CT molecular complexity index is 897. The van der Waals surface area contributed by atoms with Gasteiger partial charge in [-0.25, -0.2) is 8.42 Å². The number of nitrogens with zero attached hydrogens (tertiary/aromatic N) is 1. The summed E-state index contributed by atoms with van der Waals surface area (Å²) in [5, 5.41) is 4.77. The van der Waals surface area contributed by atoms with Crippen LogP contribution in [0, 0.1) is 0 Å². The maximum Gasteiger partial charge on any atom is 0.251 e. The molecular weight excluding hydrogens is 406 g/mol. The average Bonchev–Trinajstić information content (AvgIpc) is 3.09. The number of amides is 1. The van der Waals surface area contributed by atoms with Crippen molar-refractivity contribution in [1.29, 1.82) is 0 Å². The fraction of sp³-hybridized carbons (Fsp3) is 0.389. The van der Waals surface area contributed by atoms with Crippen molar-refractivity contribution >= 4 is 39.7 Å². The van der Waals surface area contributed by atoms with Crippen molar-refractivity contribution in [3.8, 4) is 0 Å². The van der Waals surface area contributed by atoms with Gasteiger partial charge >= 0.3 is 0 Å². The van der Waals surface area contributed by atoms with Crippen LogP contribution in [0.25, 0.3) is 0 Å². The van der Waals surface area contributed by atoms with Crippen molar-refractivity contribution in [3.63, 3.8) is 0 Å². The first-order chi connectivity index (χ1) is 12.4. The minimum atomic E-state index is -3.63. The number of halogens is 1. The third kappa shape index (κ3) is 5.08. The fourth-order valence-electron chi connectivity index (χ4n) is 2.89. The van der Waals surface area contributed by atoms with Crippen molar-refractivity contribution in [2.75, 3.05) is 13.1 Å². The van der Waals surface area contributed by atoms with Crippen LogP contribution in [0.5, 0.6) is 0 Å². The van der Waals surface area contributed by atoms with Crippen molar-refractivity contribution in [2.45, 2.75) is 37.2 Å². The minimum absolute atomic E-state index is 0. The summed E-state index contributed by atoms with van der Waals surface area (Å²) in [5.41, 5.74) is 7.07. The lowest BCUT2D eigenvalue weighted by Crippen LogP contribution is -2.35. The Morgan fingerprint density at radius 3 is 2.89 bits per heavy atom. The molecule has 2 aromatic rings. The smallest absolute Gasteiger partial charge is 0.251 e. The highest BCUT2D eigenvalue weighted by molar-refractivity contribution is 7.89. The summed E-state index contributed by atoms with van der Waals surface area (Å²) in [6, 6.07) is 8.19. The molecule has 0 aliphatic carbocycles. The van der Waals surface area contributed by atoms with Crippen LogP contribution in [0.15, 0.2) is 40.6 Å². The van der Waals surface area contributed by atoms with Gasteiger partial charge in [0.1, 0.15) is 0 Å². The number of nitrogens with one attached hydrogen (secondary N) is 1. The molecule has 27 heavy (non-hydrogen) atoms. The van der Waals surface area contributed by atoms with Crippen molar-refractivity contribution < 1.29 is 13.2 Å². The molecule has 148 valence electrons. The van der Waals surface area contributed by atoms with E-state index in [0.29, 0.717) is 31.6 Å². The van der Waals surface area contributed by atoms with E-state index in [4.69, 9.17) is 5.73 Å². The van der Waals surface area contributed by atoms with Crippen LogP contribution in [0.1, 0.15) is 34.1 Å². The van der Waals surface area contributed by atoms with Gasteiger partial charge in [-0.1, -0.05) is 6.07 Å². The van der Waals surface area contributed by atoms with Crippen LogP contribution in [0.4, 0.5) is 0 Å². The number of carbonyl (C=O) groups is 1. The number of nitrogens with two attached hydrogens (primary N) is 1. The van der Waals surface area contributed by atoms with Gasteiger partial charge < -0.3 is 11.1 Å². The number of fused-ring (bicyclic) bond motifs is 1. The highest BCUT2D eigenvalue weighted by Crippen LogP contribution is 2.28. The lowest BCUT2D eigenvalue weighted by atomic mass is 10.1. The second-order valence-electron chi connectivity index (χ2n) is 6.51. The first-order valence-electron chi connectivity index (χ1n) is 8.57. The van der Waals surface area contributed by atoms with Crippen molar-refractivity contribution in [2.24, 2.45) is 5.73 Å². The largest absolute Gasteiger partial charge is 0.352 e. The van der Waals surface area contributed by atoms with Crippen LogP contribution in [0.2, 0.25) is 0 Å². The molecule has 3 rings (SSSR count). The molecular formula is C18H24ClN3O3S2. The Kier molecular flexibility index (Phi) is 7.41. The molecule has 0 spiro atoms. The predicted molar refractivity (Wildman–Crippen MR) is 110 cm³/mol. The van der Waals surface area contributed by atoms with E-state index in [1.165, 1.54) is 21.3 Å². The van der Waals surface area contributed by atoms with Crippen molar-refractivity contribution in [3.05, 3.63) is 51.7 Å². The van der Waals surface area contributed by atoms with Crippen LogP contribution in [-0.4, -0.2) is 37.8 Å². The summed E-state index contributed by atoms with van der Waals surface area (Å²) in [4.78, 5) is 13.6. The van der Waals surface area contributed by atoms with E-state index in [1.807, 2.05) is 18.4 Å². The van der Waals surface area contributed by atoms with Crippen LogP contribution >= 0.6 is 23.7 Å². The maximum atomic E-state index is 13.0. The summed E-state index contributed by atoms with van der Waals surface area (Å²) in [5.74, 6) is -0.290. The third-order valence-electron chi connectivity index (χ3n) is 4.39. The van der Waals surface area contributed by atoms with Crippen molar-refractivity contribution in [1.82, 2.24) is 9.62 Å². The normalized spacial score (nSPS) is 15.5. The van der Waals surface area contributed by atoms with E-state index < -0.39 is 10.0 Å². The zero-order valence-electron chi connectivity index (χ0n) is 15.1. The van der Waals surface area contributed by atoms with Gasteiger partial charge in [-0.05, 0) is 55.0 Å². The molecule has 3 N–H and O–H groups in total. The Hall–Kier alpha value is -1.45. The van der Waals surface area contributed by atoms with Crippen LogP contribution in [-0.2, 0) is 23.0 Å². The zero-order valence-corrected chi connectivity index (χ0v) is 17.5. The quantitative estimate of drug-likeness (QED) is 0.737. The number of hydrogen-bond acceptors (Lipinski definition) is 5. The molecule has 1 unspecified atom stereocenters. The molecule has 1 amide bonds. The van der Waals surface area contributed by atoms with Gasteiger partial charge in [-0.3, -0.25) is 4.79 Å². The lowest BCUT2D eigenvalue weighted by Gasteiger charge is -2.26. The zero-order chi connectivity index (χ0) is 18.7. The highest BCUT2D eigenvalue weighted by Gasteiger charge is 2.29. The lowest BCUT2D eigenvalue weighted by molar-refractivity contribution is 0.0952. The number of carbonyl (C=O) groups excluding carboxylic acids is 1. The van der Waals surface area contributed by atoms with Gasteiger partial charge in [-0.15, -0.1) is 23.7 Å². The van der Waals surface area contributed by atoms with Gasteiger partial charge in [-0.2, -0.15) is 4.31 Å². The first-order valence-corrected chi connectivity index (χ1v) is 10.9. The number of rotatable bonds is 6. The molecule has 0 radical (unpaired) electrons. The van der Waals surface area contributed by atoms with Crippen LogP contribution in [0.3, 0.4) is 0 Å². The molecule has 1 aromatic carbocycles. The SMILES string of the molecule is CC(N)CCNC(=O)c1cccc(S(=O)(=O)N2CCc3sccc3C2)c1.Cl. The second-order valence-corrected chi connectivity index (χ2v) is 9.45. The molecule has 0 saturated carbocycles. The van der Waals surface area contributed by atoms with E-state index in [0.717, 1.165) is 12.0 Å². The topological polar surface area (TPSA) is 92.5 Å². The number of benzene rings is 1. The molecule has 1 atom stereocenters. The van der Waals surface area contributed by atoms with Gasteiger partial charge in [0.2, 0.25) is 10.0 Å². The van der Waals surface area contributed by atoms with E-state index in [-0.39, 0.29) is 29.3 Å². The average molecular weight is 430 g/mol. The van der Waals surface area contributed by atoms with Crippen LogP contribution < -0.4 is 11.1 Å². The first kappa shape index (κ1) is 21.8. The fourth-order valence-corrected chi connectivity index (χ4v) is 5.24.